The number of halogens is 1. The lowest BCUT2D eigenvalue weighted by Crippen LogP contribution is -2.26. The molecule has 138 valence electrons. The van der Waals surface area contributed by atoms with E-state index in [4.69, 9.17) is 0 Å². The molecule has 1 aromatic carbocycles. The van der Waals surface area contributed by atoms with Crippen LogP contribution in [0.1, 0.15) is 44.3 Å². The number of nitrogens with one attached hydrogen (secondary N) is 2. The van der Waals surface area contributed by atoms with Crippen molar-refractivity contribution in [2.24, 2.45) is 0 Å². The average Bonchev–Trinajstić information content (AvgIpc) is 3.02. The molecule has 3 rings (SSSR count). The zero-order valence-electron chi connectivity index (χ0n) is 14.8. The average molecular weight is 383 g/mol. The van der Waals surface area contributed by atoms with E-state index in [2.05, 4.69) is 15.6 Å². The number of aromatic nitrogens is 1. The van der Waals surface area contributed by atoms with Crippen LogP contribution in [0.15, 0.2) is 54.7 Å². The third-order valence-electron chi connectivity index (χ3n) is 3.93. The van der Waals surface area contributed by atoms with Crippen molar-refractivity contribution in [2.75, 3.05) is 5.32 Å². The molecule has 27 heavy (non-hydrogen) atoms. The van der Waals surface area contributed by atoms with Gasteiger partial charge < -0.3 is 10.6 Å². The second kappa shape index (κ2) is 8.09. The lowest BCUT2D eigenvalue weighted by Gasteiger charge is -2.12. The van der Waals surface area contributed by atoms with Gasteiger partial charge in [0.05, 0.1) is 21.6 Å². The topological polar surface area (TPSA) is 71.1 Å². The molecule has 0 saturated carbocycles. The van der Waals surface area contributed by atoms with Gasteiger partial charge >= 0.3 is 0 Å². The van der Waals surface area contributed by atoms with Crippen molar-refractivity contribution in [3.8, 4) is 0 Å². The molecule has 3 aromatic rings. The maximum Gasteiger partial charge on any atom is 0.262 e. The molecule has 0 spiro atoms. The molecule has 0 radical (unpaired) electrons. The highest BCUT2D eigenvalue weighted by molar-refractivity contribution is 7.18. The van der Waals surface area contributed by atoms with Gasteiger partial charge in [0.15, 0.2) is 0 Å². The number of carbonyl (C=O) groups excluding carboxylic acids is 2. The lowest BCUT2D eigenvalue weighted by molar-refractivity contribution is 0.0941. The molecule has 0 fully saturated rings. The van der Waals surface area contributed by atoms with Crippen LogP contribution in [0.3, 0.4) is 0 Å². The maximum absolute atomic E-state index is 13.3. The van der Waals surface area contributed by atoms with Gasteiger partial charge in [0, 0.05) is 11.8 Å². The Morgan fingerprint density at radius 2 is 1.93 bits per heavy atom. The molecular weight excluding hydrogens is 365 g/mol. The SMILES string of the molecule is Cc1cc(NC(=O)c2cccc(F)c2)sc1C(=O)NC(C)c1ccccn1. The fourth-order valence-electron chi connectivity index (χ4n) is 2.55. The zero-order chi connectivity index (χ0) is 19.4. The minimum Gasteiger partial charge on any atom is -0.343 e. The molecular formula is C20H18FN3O2S. The van der Waals surface area contributed by atoms with E-state index in [1.54, 1.807) is 19.2 Å². The van der Waals surface area contributed by atoms with E-state index in [0.29, 0.717) is 9.88 Å². The Balaban J connectivity index is 1.70. The van der Waals surface area contributed by atoms with E-state index in [1.165, 1.54) is 29.5 Å². The molecule has 0 aliphatic rings. The van der Waals surface area contributed by atoms with Crippen molar-refractivity contribution >= 4 is 28.2 Å². The minimum absolute atomic E-state index is 0.218. The Kier molecular flexibility index (Phi) is 5.61. The van der Waals surface area contributed by atoms with Gasteiger partial charge in [0.25, 0.3) is 11.8 Å². The number of carbonyl (C=O) groups is 2. The molecule has 1 unspecified atom stereocenters. The molecule has 0 saturated heterocycles. The number of benzene rings is 1. The van der Waals surface area contributed by atoms with Crippen molar-refractivity contribution in [1.82, 2.24) is 10.3 Å². The largest absolute Gasteiger partial charge is 0.343 e. The van der Waals surface area contributed by atoms with Crippen LogP contribution < -0.4 is 10.6 Å². The van der Waals surface area contributed by atoms with Crippen molar-refractivity contribution < 1.29 is 14.0 Å². The second-order valence-electron chi connectivity index (χ2n) is 6.04. The Hall–Kier alpha value is -3.06. The Labute approximate surface area is 160 Å². The molecule has 2 aromatic heterocycles. The van der Waals surface area contributed by atoms with Gasteiger partial charge in [-0.05, 0) is 55.8 Å². The molecule has 2 amide bonds. The summed E-state index contributed by atoms with van der Waals surface area (Å²) in [4.78, 5) is 29.6. The quantitative estimate of drug-likeness (QED) is 0.689. The summed E-state index contributed by atoms with van der Waals surface area (Å²) in [5.41, 5.74) is 1.73. The molecule has 0 bridgehead atoms. The van der Waals surface area contributed by atoms with Gasteiger partial charge in [-0.2, -0.15) is 0 Å². The Morgan fingerprint density at radius 3 is 2.63 bits per heavy atom. The number of rotatable bonds is 5. The summed E-state index contributed by atoms with van der Waals surface area (Å²) in [6.45, 7) is 3.66. The van der Waals surface area contributed by atoms with Crippen LogP contribution >= 0.6 is 11.3 Å². The van der Waals surface area contributed by atoms with Crippen LogP contribution in [0, 0.1) is 12.7 Å². The number of hydrogen-bond acceptors (Lipinski definition) is 4. The van der Waals surface area contributed by atoms with Crippen LogP contribution in [0.5, 0.6) is 0 Å². The molecule has 7 heteroatoms. The summed E-state index contributed by atoms with van der Waals surface area (Å²) in [5, 5.41) is 6.14. The number of anilines is 1. The maximum atomic E-state index is 13.3. The van der Waals surface area contributed by atoms with E-state index in [1.807, 2.05) is 25.1 Å². The Bertz CT molecular complexity index is 972. The first-order valence-electron chi connectivity index (χ1n) is 8.33. The van der Waals surface area contributed by atoms with E-state index in [9.17, 15) is 14.0 Å². The third-order valence-corrected chi connectivity index (χ3v) is 5.08. The molecule has 0 aliphatic carbocycles. The molecule has 0 aliphatic heterocycles. The zero-order valence-corrected chi connectivity index (χ0v) is 15.6. The van der Waals surface area contributed by atoms with E-state index in [0.717, 1.165) is 17.3 Å². The highest BCUT2D eigenvalue weighted by Gasteiger charge is 2.18. The van der Waals surface area contributed by atoms with Gasteiger partial charge in [-0.3, -0.25) is 14.6 Å². The van der Waals surface area contributed by atoms with Gasteiger partial charge in [-0.25, -0.2) is 4.39 Å². The first-order valence-corrected chi connectivity index (χ1v) is 9.15. The van der Waals surface area contributed by atoms with Gasteiger partial charge in [-0.1, -0.05) is 12.1 Å². The van der Waals surface area contributed by atoms with Crippen LogP contribution in [-0.4, -0.2) is 16.8 Å². The number of hydrogen-bond donors (Lipinski definition) is 2. The minimum atomic E-state index is -0.478. The molecule has 2 N–H and O–H groups in total. The van der Waals surface area contributed by atoms with E-state index < -0.39 is 11.7 Å². The van der Waals surface area contributed by atoms with Crippen molar-refractivity contribution in [2.45, 2.75) is 19.9 Å². The normalized spacial score (nSPS) is 11.7. The Morgan fingerprint density at radius 1 is 1.11 bits per heavy atom. The summed E-state index contributed by atoms with van der Waals surface area (Å²) in [6.07, 6.45) is 1.68. The highest BCUT2D eigenvalue weighted by atomic mass is 32.1. The number of aryl methyl sites for hydroxylation is 1. The summed E-state index contributed by atoms with van der Waals surface area (Å²) < 4.78 is 13.3. The lowest BCUT2D eigenvalue weighted by atomic mass is 10.2. The molecule has 1 atom stereocenters. The standard InChI is InChI=1S/C20H18FN3O2S/c1-12-10-17(24-19(25)14-6-5-7-15(21)11-14)27-18(12)20(26)23-13(2)16-8-3-4-9-22-16/h3-11,13H,1-2H3,(H,23,26)(H,24,25). The summed E-state index contributed by atoms with van der Waals surface area (Å²) in [5.74, 6) is -1.14. The van der Waals surface area contributed by atoms with Crippen LogP contribution in [0.4, 0.5) is 9.39 Å². The number of amides is 2. The predicted molar refractivity (Wildman–Crippen MR) is 104 cm³/mol. The first kappa shape index (κ1) is 18.7. The van der Waals surface area contributed by atoms with Gasteiger partial charge in [-0.15, -0.1) is 11.3 Å². The molecule has 2 heterocycles. The highest BCUT2D eigenvalue weighted by Crippen LogP contribution is 2.27. The van der Waals surface area contributed by atoms with Crippen LogP contribution in [-0.2, 0) is 0 Å². The summed E-state index contributed by atoms with van der Waals surface area (Å²) >= 11 is 1.17. The number of nitrogens with zero attached hydrogens (tertiary/aromatic N) is 1. The monoisotopic (exact) mass is 383 g/mol. The van der Waals surface area contributed by atoms with Crippen molar-refractivity contribution in [1.29, 1.82) is 0 Å². The van der Waals surface area contributed by atoms with E-state index >= 15 is 0 Å². The predicted octanol–water partition coefficient (Wildman–Crippen LogP) is 4.33. The van der Waals surface area contributed by atoms with Gasteiger partial charge in [0.2, 0.25) is 0 Å². The fraction of sp³-hybridized carbons (Fsp3) is 0.150. The fourth-order valence-corrected chi connectivity index (χ4v) is 3.52. The van der Waals surface area contributed by atoms with Crippen molar-refractivity contribution in [3.05, 3.63) is 82.2 Å². The number of pyridine rings is 1. The first-order chi connectivity index (χ1) is 12.9. The van der Waals surface area contributed by atoms with Crippen molar-refractivity contribution in [3.63, 3.8) is 0 Å². The third kappa shape index (κ3) is 4.57. The molecule has 5 nitrogen and oxygen atoms in total. The summed E-state index contributed by atoms with van der Waals surface area (Å²) in [7, 11) is 0. The van der Waals surface area contributed by atoms with Gasteiger partial charge in [0.1, 0.15) is 5.82 Å². The van der Waals surface area contributed by atoms with E-state index in [-0.39, 0.29) is 17.5 Å². The number of thiophene rings is 1. The van der Waals surface area contributed by atoms with Crippen LogP contribution in [0.25, 0.3) is 0 Å². The smallest absolute Gasteiger partial charge is 0.262 e. The van der Waals surface area contributed by atoms with Crippen LogP contribution in [0.2, 0.25) is 0 Å². The summed E-state index contributed by atoms with van der Waals surface area (Å²) in [6, 6.07) is 12.4. The second-order valence-corrected chi connectivity index (χ2v) is 7.09.